The lowest BCUT2D eigenvalue weighted by Crippen LogP contribution is -2.41. The van der Waals surface area contributed by atoms with Crippen LogP contribution in [0.3, 0.4) is 0 Å². The molecule has 0 saturated carbocycles. The van der Waals surface area contributed by atoms with Crippen molar-refractivity contribution in [2.45, 2.75) is 66.8 Å². The molecular formula is C27H37ClN2O2. The van der Waals surface area contributed by atoms with Gasteiger partial charge in [-0.2, -0.15) is 0 Å². The Labute approximate surface area is 198 Å². The number of nitrogens with one attached hydrogen (secondary N) is 1. The number of amides is 1. The Balaban J connectivity index is 0.00000249. The lowest BCUT2D eigenvalue weighted by molar-refractivity contribution is 0.0914. The van der Waals surface area contributed by atoms with Crippen molar-refractivity contribution in [3.63, 3.8) is 0 Å². The number of rotatable bonds is 8. The van der Waals surface area contributed by atoms with Gasteiger partial charge < -0.3 is 10.1 Å². The van der Waals surface area contributed by atoms with E-state index < -0.39 is 0 Å². The van der Waals surface area contributed by atoms with Crippen molar-refractivity contribution in [1.29, 1.82) is 0 Å². The average molecular weight is 457 g/mol. The molecule has 0 spiro atoms. The maximum Gasteiger partial charge on any atom is 0.270 e. The van der Waals surface area contributed by atoms with E-state index in [1.165, 1.54) is 0 Å². The molecule has 1 N–H and O–H groups in total. The van der Waals surface area contributed by atoms with Crippen LogP contribution in [0, 0.1) is 0 Å². The Kier molecular flexibility index (Phi) is 11.8. The van der Waals surface area contributed by atoms with Gasteiger partial charge in [0.2, 0.25) is 0 Å². The highest BCUT2D eigenvalue weighted by molar-refractivity contribution is 6.30. The molecule has 0 unspecified atom stereocenters. The molecule has 1 aromatic heterocycles. The second kappa shape index (κ2) is 13.7. The lowest BCUT2D eigenvalue weighted by Gasteiger charge is -2.20. The fraction of sp³-hybridized carbons (Fsp3) is 0.407. The summed E-state index contributed by atoms with van der Waals surface area (Å²) in [7, 11) is 0. The minimum Gasteiger partial charge on any atom is -0.489 e. The highest BCUT2D eigenvalue weighted by Crippen LogP contribution is 2.26. The number of carbonyl (C=O) groups is 1. The maximum absolute atomic E-state index is 12.5. The van der Waals surface area contributed by atoms with Crippen molar-refractivity contribution in [1.82, 2.24) is 10.3 Å². The normalized spacial score (nSPS) is 11.7. The Morgan fingerprint density at radius 1 is 1.19 bits per heavy atom. The molecular weight excluding hydrogens is 420 g/mol. The zero-order valence-corrected chi connectivity index (χ0v) is 21.2. The summed E-state index contributed by atoms with van der Waals surface area (Å²) in [6.07, 6.45) is 7.73. The van der Waals surface area contributed by atoms with Crippen molar-refractivity contribution < 1.29 is 9.53 Å². The minimum absolute atomic E-state index is 0.188. The predicted molar refractivity (Wildman–Crippen MR) is 136 cm³/mol. The molecule has 2 aromatic rings. The second-order valence-corrected chi connectivity index (χ2v) is 8.55. The molecule has 0 radical (unpaired) electrons. The van der Waals surface area contributed by atoms with Gasteiger partial charge in [0.1, 0.15) is 18.1 Å². The topological polar surface area (TPSA) is 51.2 Å². The second-order valence-electron chi connectivity index (χ2n) is 8.11. The summed E-state index contributed by atoms with van der Waals surface area (Å²) in [5, 5.41) is 3.58. The number of nitrogens with zero attached hydrogens (tertiary/aromatic N) is 1. The number of allylic oxidation sites excluding steroid dienone is 2. The summed E-state index contributed by atoms with van der Waals surface area (Å²) in [5.41, 5.74) is 2.89. The number of aromatic nitrogens is 1. The summed E-state index contributed by atoms with van der Waals surface area (Å²) in [6, 6.07) is 11.1. The molecule has 0 fully saturated rings. The first kappa shape index (κ1) is 27.4. The van der Waals surface area contributed by atoms with Crippen molar-refractivity contribution in [2.75, 3.05) is 6.61 Å². The van der Waals surface area contributed by atoms with E-state index >= 15 is 0 Å². The Hall–Kier alpha value is -2.59. The first-order valence-electron chi connectivity index (χ1n) is 11.2. The van der Waals surface area contributed by atoms with Crippen LogP contribution in [0.2, 0.25) is 5.02 Å². The van der Waals surface area contributed by atoms with Crippen molar-refractivity contribution in [2.24, 2.45) is 0 Å². The fourth-order valence-corrected chi connectivity index (χ4v) is 2.98. The summed E-state index contributed by atoms with van der Waals surface area (Å²) in [4.78, 5) is 17.0. The number of hydrogen-bond donors (Lipinski definition) is 1. The highest BCUT2D eigenvalue weighted by atomic mass is 35.5. The lowest BCUT2D eigenvalue weighted by atomic mass is 10.1. The molecule has 0 aliphatic rings. The average Bonchev–Trinajstić information content (AvgIpc) is 2.75. The Morgan fingerprint density at radius 3 is 2.53 bits per heavy atom. The molecule has 0 aliphatic carbocycles. The van der Waals surface area contributed by atoms with E-state index in [0.29, 0.717) is 23.7 Å². The van der Waals surface area contributed by atoms with Gasteiger partial charge >= 0.3 is 0 Å². The molecule has 0 aliphatic heterocycles. The monoisotopic (exact) mass is 456 g/mol. The number of hydrogen-bond acceptors (Lipinski definition) is 3. The van der Waals surface area contributed by atoms with E-state index in [-0.39, 0.29) is 11.4 Å². The van der Waals surface area contributed by atoms with E-state index in [1.54, 1.807) is 6.07 Å². The van der Waals surface area contributed by atoms with E-state index in [1.807, 2.05) is 78.0 Å². The molecule has 0 saturated heterocycles. The highest BCUT2D eigenvalue weighted by Gasteiger charge is 2.17. The van der Waals surface area contributed by atoms with E-state index in [0.717, 1.165) is 29.0 Å². The Bertz CT molecular complexity index is 927. The first-order chi connectivity index (χ1) is 15.2. The van der Waals surface area contributed by atoms with Crippen LogP contribution >= 0.6 is 11.6 Å². The van der Waals surface area contributed by atoms with Gasteiger partial charge in [0.25, 0.3) is 5.91 Å². The molecule has 1 amide bonds. The van der Waals surface area contributed by atoms with Crippen LogP contribution in [0.15, 0.2) is 60.2 Å². The fourth-order valence-electron chi connectivity index (χ4n) is 2.79. The number of pyridine rings is 1. The third-order valence-electron chi connectivity index (χ3n) is 4.25. The third kappa shape index (κ3) is 9.69. The summed E-state index contributed by atoms with van der Waals surface area (Å²) < 4.78 is 6.07. The smallest absolute Gasteiger partial charge is 0.270 e. The van der Waals surface area contributed by atoms with Crippen molar-refractivity contribution in [3.8, 4) is 5.75 Å². The minimum atomic E-state index is -0.320. The molecule has 1 heterocycles. The van der Waals surface area contributed by atoms with E-state index in [2.05, 4.69) is 29.4 Å². The Morgan fingerprint density at radius 2 is 1.91 bits per heavy atom. The summed E-state index contributed by atoms with van der Waals surface area (Å²) in [6.45, 7) is 14.4. The van der Waals surface area contributed by atoms with Crippen molar-refractivity contribution in [3.05, 3.63) is 82.2 Å². The van der Waals surface area contributed by atoms with Crippen LogP contribution < -0.4 is 10.1 Å². The van der Waals surface area contributed by atoms with Crippen LogP contribution in [0.5, 0.6) is 5.75 Å². The van der Waals surface area contributed by atoms with Gasteiger partial charge in [0.05, 0.1) is 0 Å². The van der Waals surface area contributed by atoms with Crippen molar-refractivity contribution >= 4 is 17.5 Å². The van der Waals surface area contributed by atoms with E-state index in [9.17, 15) is 4.79 Å². The van der Waals surface area contributed by atoms with Gasteiger partial charge in [-0.3, -0.25) is 4.79 Å². The predicted octanol–water partition coefficient (Wildman–Crippen LogP) is 7.17. The SMILES string of the molecule is C/C=C(\C=C/CC)COc1ccc(Cl)cc1Cc1cccc(C(=O)NC(C)(C)C)n1.CC. The molecule has 32 heavy (non-hydrogen) atoms. The van der Waals surface area contributed by atoms with Crippen LogP contribution in [0.1, 0.15) is 76.6 Å². The van der Waals surface area contributed by atoms with Gasteiger partial charge in [0, 0.05) is 28.2 Å². The molecule has 1 aromatic carbocycles. The van der Waals surface area contributed by atoms with E-state index in [4.69, 9.17) is 16.3 Å². The molecule has 2 rings (SSSR count). The summed E-state index contributed by atoms with van der Waals surface area (Å²) >= 11 is 6.23. The largest absolute Gasteiger partial charge is 0.489 e. The standard InChI is InChI=1S/C25H31ClN2O2.C2H6/c1-6-8-10-18(7-2)17-30-23-14-13-20(26)15-19(23)16-21-11-9-12-22(27-21)24(29)28-25(3,4)5;1-2/h7-15H,6,16-17H2,1-5H3,(H,28,29);1-2H3/b10-8-,18-7+;. The van der Waals surface area contributed by atoms with Crippen LogP contribution in [0.25, 0.3) is 0 Å². The first-order valence-corrected chi connectivity index (χ1v) is 11.6. The molecule has 5 heteroatoms. The molecule has 0 bridgehead atoms. The number of halogens is 1. The van der Waals surface area contributed by atoms with Gasteiger partial charge in [0.15, 0.2) is 0 Å². The van der Waals surface area contributed by atoms with Gasteiger partial charge in [-0.1, -0.05) is 56.7 Å². The molecule has 0 atom stereocenters. The zero-order chi connectivity index (χ0) is 24.1. The number of benzene rings is 1. The maximum atomic E-state index is 12.5. The third-order valence-corrected chi connectivity index (χ3v) is 4.49. The van der Waals surface area contributed by atoms with Gasteiger partial charge in [-0.05, 0) is 70.0 Å². The molecule has 4 nitrogen and oxygen atoms in total. The number of ether oxygens (including phenoxy) is 1. The zero-order valence-electron chi connectivity index (χ0n) is 20.5. The number of carbonyl (C=O) groups excluding carboxylic acids is 1. The quantitative estimate of drug-likeness (QED) is 0.428. The van der Waals surface area contributed by atoms with Crippen LogP contribution in [0.4, 0.5) is 0 Å². The van der Waals surface area contributed by atoms with Gasteiger partial charge in [-0.25, -0.2) is 4.98 Å². The van der Waals surface area contributed by atoms with Crippen LogP contribution in [-0.2, 0) is 6.42 Å². The van der Waals surface area contributed by atoms with Gasteiger partial charge in [-0.15, -0.1) is 0 Å². The summed E-state index contributed by atoms with van der Waals surface area (Å²) in [5.74, 6) is 0.572. The molecule has 174 valence electrons. The van der Waals surface area contributed by atoms with Crippen LogP contribution in [-0.4, -0.2) is 23.0 Å².